The molecule has 0 fully saturated rings. The summed E-state index contributed by atoms with van der Waals surface area (Å²) in [6.07, 6.45) is 5.61. The zero-order valence-corrected chi connectivity index (χ0v) is 6.97. The molecule has 1 N–H and O–H groups in total. The molecule has 0 saturated heterocycles. The summed E-state index contributed by atoms with van der Waals surface area (Å²) in [4.78, 5) is 20.7. The van der Waals surface area contributed by atoms with Crippen molar-refractivity contribution in [2.24, 2.45) is 7.05 Å². The lowest BCUT2D eigenvalue weighted by Gasteiger charge is -1.83. The molecule has 0 atom stereocenters. The maximum atomic E-state index is 10.6. The second kappa shape index (κ2) is 3.66. The minimum absolute atomic E-state index is 0.692. The van der Waals surface area contributed by atoms with Gasteiger partial charge in [0.1, 0.15) is 0 Å². The quantitative estimate of drug-likeness (QED) is 0.528. The van der Waals surface area contributed by atoms with Crippen LogP contribution in [0.15, 0.2) is 18.5 Å². The summed E-state index contributed by atoms with van der Waals surface area (Å²) in [5.41, 5.74) is 0.692. The van der Waals surface area contributed by atoms with Crippen LogP contribution in [-0.4, -0.2) is 26.6 Å². The van der Waals surface area contributed by atoms with Crippen LogP contribution in [0.5, 0.6) is 0 Å². The molecule has 0 bridgehead atoms. The van der Waals surface area contributed by atoms with Gasteiger partial charge in [-0.05, 0) is 12.2 Å². The van der Waals surface area contributed by atoms with Gasteiger partial charge in [0.05, 0.1) is 6.20 Å². The van der Waals surface area contributed by atoms with Crippen LogP contribution in [0.3, 0.4) is 0 Å². The van der Waals surface area contributed by atoms with Crippen molar-refractivity contribution in [1.29, 1.82) is 0 Å². The number of aryl methyl sites for hydroxylation is 1. The summed E-state index contributed by atoms with van der Waals surface area (Å²) in [5.74, 6) is -2.40. The molecule has 0 unspecified atom stereocenters. The maximum absolute atomic E-state index is 10.6. The van der Waals surface area contributed by atoms with Crippen LogP contribution in [0.4, 0.5) is 0 Å². The van der Waals surface area contributed by atoms with E-state index in [4.69, 9.17) is 5.11 Å². The lowest BCUT2D eigenvalue weighted by atomic mass is 10.3. The number of aliphatic carboxylic acids is 1. The molecule has 0 radical (unpaired) electrons. The smallest absolute Gasteiger partial charge is 0.376 e. The topological polar surface area (TPSA) is 72.2 Å². The molecule has 0 aliphatic carbocycles. The number of hydrogen-bond donors (Lipinski definition) is 1. The Labute approximate surface area is 74.3 Å². The number of hydrogen-bond acceptors (Lipinski definition) is 3. The minimum Gasteiger partial charge on any atom is -0.475 e. The number of carboxylic acid groups (broad SMARTS) is 1. The molecular weight excluding hydrogens is 172 g/mol. The number of ketones is 1. The average molecular weight is 180 g/mol. The predicted molar refractivity (Wildman–Crippen MR) is 44.9 cm³/mol. The van der Waals surface area contributed by atoms with Gasteiger partial charge in [0.2, 0.25) is 0 Å². The van der Waals surface area contributed by atoms with Crippen LogP contribution in [0.25, 0.3) is 6.08 Å². The molecule has 0 aliphatic rings. The third-order valence-corrected chi connectivity index (χ3v) is 1.36. The van der Waals surface area contributed by atoms with E-state index in [2.05, 4.69) is 5.10 Å². The van der Waals surface area contributed by atoms with Crippen molar-refractivity contribution >= 4 is 17.8 Å². The fraction of sp³-hybridized carbons (Fsp3) is 0.125. The second-order valence-electron chi connectivity index (χ2n) is 2.45. The number of nitrogens with zero attached hydrogens (tertiary/aromatic N) is 2. The normalized spacial score (nSPS) is 10.5. The third-order valence-electron chi connectivity index (χ3n) is 1.36. The minimum atomic E-state index is -1.46. The Morgan fingerprint density at radius 3 is 2.77 bits per heavy atom. The molecule has 5 heteroatoms. The SMILES string of the molecule is Cn1cc(/C=C/C(=O)C(=O)O)cn1. The van der Waals surface area contributed by atoms with Crippen LogP contribution in [-0.2, 0) is 16.6 Å². The predicted octanol–water partition coefficient (Wildman–Crippen LogP) is 0.0870. The molecule has 1 rings (SSSR count). The summed E-state index contributed by atoms with van der Waals surface area (Å²) < 4.78 is 1.56. The lowest BCUT2D eigenvalue weighted by molar-refractivity contribution is -0.146. The monoisotopic (exact) mass is 180 g/mol. The Bertz CT molecular complexity index is 365. The lowest BCUT2D eigenvalue weighted by Crippen LogP contribution is -2.08. The standard InChI is InChI=1S/C8H8N2O3/c1-10-5-6(4-9-10)2-3-7(11)8(12)13/h2-5H,1H3,(H,12,13)/b3-2+. The number of carboxylic acids is 1. The van der Waals surface area contributed by atoms with Gasteiger partial charge in [-0.2, -0.15) is 5.10 Å². The molecule has 68 valence electrons. The number of carbonyl (C=O) groups is 2. The zero-order valence-electron chi connectivity index (χ0n) is 6.97. The highest BCUT2D eigenvalue weighted by atomic mass is 16.4. The van der Waals surface area contributed by atoms with E-state index >= 15 is 0 Å². The molecule has 5 nitrogen and oxygen atoms in total. The Hall–Kier alpha value is -1.91. The molecule has 1 aromatic heterocycles. The third kappa shape index (κ3) is 2.55. The first-order valence-electron chi connectivity index (χ1n) is 3.53. The van der Waals surface area contributed by atoms with Crippen molar-refractivity contribution in [3.63, 3.8) is 0 Å². The Morgan fingerprint density at radius 1 is 1.62 bits per heavy atom. The van der Waals surface area contributed by atoms with Gasteiger partial charge in [0.25, 0.3) is 5.78 Å². The van der Waals surface area contributed by atoms with Crippen LogP contribution in [0.1, 0.15) is 5.56 Å². The van der Waals surface area contributed by atoms with Crippen molar-refractivity contribution < 1.29 is 14.7 Å². The average Bonchev–Trinajstić information content (AvgIpc) is 2.47. The zero-order chi connectivity index (χ0) is 9.84. The Morgan fingerprint density at radius 2 is 2.31 bits per heavy atom. The summed E-state index contributed by atoms with van der Waals surface area (Å²) in [6.45, 7) is 0. The van der Waals surface area contributed by atoms with E-state index in [1.807, 2.05) is 0 Å². The van der Waals surface area contributed by atoms with Gasteiger partial charge in [0.15, 0.2) is 0 Å². The van der Waals surface area contributed by atoms with Crippen molar-refractivity contribution in [3.8, 4) is 0 Å². The molecule has 1 aromatic rings. The first kappa shape index (κ1) is 9.18. The molecule has 1 heterocycles. The molecular formula is C8H8N2O3. The van der Waals surface area contributed by atoms with E-state index in [1.165, 1.54) is 12.3 Å². The highest BCUT2D eigenvalue weighted by Gasteiger charge is 2.05. The van der Waals surface area contributed by atoms with Gasteiger partial charge in [-0.1, -0.05) is 0 Å². The Balaban J connectivity index is 2.69. The van der Waals surface area contributed by atoms with E-state index in [-0.39, 0.29) is 0 Å². The van der Waals surface area contributed by atoms with E-state index in [9.17, 15) is 9.59 Å². The van der Waals surface area contributed by atoms with Crippen molar-refractivity contribution in [1.82, 2.24) is 9.78 Å². The summed E-state index contributed by atoms with van der Waals surface area (Å²) in [5, 5.41) is 12.1. The van der Waals surface area contributed by atoms with Crippen molar-refractivity contribution in [2.75, 3.05) is 0 Å². The second-order valence-corrected chi connectivity index (χ2v) is 2.45. The van der Waals surface area contributed by atoms with Crippen molar-refractivity contribution in [3.05, 3.63) is 24.0 Å². The Kier molecular flexibility index (Phi) is 2.59. The molecule has 0 saturated carbocycles. The summed E-state index contributed by atoms with van der Waals surface area (Å²) in [6, 6.07) is 0. The van der Waals surface area contributed by atoms with Crippen molar-refractivity contribution in [2.45, 2.75) is 0 Å². The largest absolute Gasteiger partial charge is 0.475 e. The fourth-order valence-corrected chi connectivity index (χ4v) is 0.769. The highest BCUT2D eigenvalue weighted by molar-refractivity contribution is 6.38. The van der Waals surface area contributed by atoms with Gasteiger partial charge in [-0.3, -0.25) is 9.48 Å². The van der Waals surface area contributed by atoms with E-state index < -0.39 is 11.8 Å². The first-order valence-corrected chi connectivity index (χ1v) is 3.53. The van der Waals surface area contributed by atoms with Gasteiger partial charge in [0, 0.05) is 18.8 Å². The number of aromatic nitrogens is 2. The van der Waals surface area contributed by atoms with Crippen LogP contribution in [0, 0.1) is 0 Å². The first-order chi connectivity index (χ1) is 6.09. The molecule has 0 spiro atoms. The van der Waals surface area contributed by atoms with Crippen LogP contribution < -0.4 is 0 Å². The van der Waals surface area contributed by atoms with Gasteiger partial charge in [-0.15, -0.1) is 0 Å². The van der Waals surface area contributed by atoms with E-state index in [0.717, 1.165) is 6.08 Å². The van der Waals surface area contributed by atoms with Gasteiger partial charge in [-0.25, -0.2) is 4.79 Å². The highest BCUT2D eigenvalue weighted by Crippen LogP contribution is 1.98. The van der Waals surface area contributed by atoms with Crippen LogP contribution in [0.2, 0.25) is 0 Å². The van der Waals surface area contributed by atoms with Gasteiger partial charge < -0.3 is 5.11 Å². The van der Waals surface area contributed by atoms with E-state index in [1.54, 1.807) is 17.9 Å². The molecule has 0 aromatic carbocycles. The van der Waals surface area contributed by atoms with E-state index in [0.29, 0.717) is 5.56 Å². The molecule has 13 heavy (non-hydrogen) atoms. The number of carbonyl (C=O) groups excluding carboxylic acids is 1. The number of rotatable bonds is 3. The van der Waals surface area contributed by atoms with Gasteiger partial charge >= 0.3 is 5.97 Å². The fourth-order valence-electron chi connectivity index (χ4n) is 0.769. The molecule has 0 aliphatic heterocycles. The maximum Gasteiger partial charge on any atom is 0.376 e. The summed E-state index contributed by atoms with van der Waals surface area (Å²) >= 11 is 0. The molecule has 0 amide bonds. The van der Waals surface area contributed by atoms with Crippen LogP contribution >= 0.6 is 0 Å². The summed E-state index contributed by atoms with van der Waals surface area (Å²) in [7, 11) is 1.73.